The Kier molecular flexibility index (Phi) is 7.78. The molecule has 0 amide bonds. The molecule has 0 aliphatic carbocycles. The maximum atomic E-state index is 10.6. The van der Waals surface area contributed by atoms with Gasteiger partial charge in [-0.2, -0.15) is 13.2 Å². The van der Waals surface area contributed by atoms with Crippen molar-refractivity contribution in [2.45, 2.75) is 48.5 Å². The predicted octanol–water partition coefficient (Wildman–Crippen LogP) is 4.48. The quantitative estimate of drug-likeness (QED) is 0.297. The maximum absolute atomic E-state index is 10.6. The van der Waals surface area contributed by atoms with Crippen LogP contribution >= 0.6 is 23.4 Å². The van der Waals surface area contributed by atoms with Crippen molar-refractivity contribution in [3.8, 4) is 0 Å². The minimum Gasteiger partial charge on any atom is -0.475 e. The number of alkyl halides is 3. The molecule has 2 fully saturated rings. The number of halogens is 4. The van der Waals surface area contributed by atoms with E-state index in [0.29, 0.717) is 22.8 Å². The normalized spacial score (nSPS) is 19.2. The van der Waals surface area contributed by atoms with Crippen LogP contribution in [0.3, 0.4) is 0 Å². The van der Waals surface area contributed by atoms with Crippen LogP contribution in [0.15, 0.2) is 34.7 Å². The number of H-pyrrole nitrogens is 1. The van der Waals surface area contributed by atoms with Crippen molar-refractivity contribution < 1.29 is 23.1 Å². The fraction of sp³-hybridized carbons (Fsp3) is 0.417. The summed E-state index contributed by atoms with van der Waals surface area (Å²) in [6.07, 6.45) is 3.34. The summed E-state index contributed by atoms with van der Waals surface area (Å²) < 4.78 is 31.7. The number of piperidine rings is 1. The van der Waals surface area contributed by atoms with Crippen LogP contribution in [0.1, 0.15) is 25.5 Å². The number of anilines is 1. The van der Waals surface area contributed by atoms with E-state index < -0.39 is 12.1 Å². The molecule has 4 aromatic heterocycles. The van der Waals surface area contributed by atoms with Crippen molar-refractivity contribution in [2.75, 3.05) is 24.5 Å². The molecule has 0 aromatic carbocycles. The van der Waals surface area contributed by atoms with E-state index in [1.807, 2.05) is 6.07 Å². The summed E-state index contributed by atoms with van der Waals surface area (Å²) in [6.45, 7) is 5.12. The highest BCUT2D eigenvalue weighted by Crippen LogP contribution is 2.39. The third kappa shape index (κ3) is 5.87. The van der Waals surface area contributed by atoms with Gasteiger partial charge in [0.05, 0.1) is 10.4 Å². The number of nitrogens with one attached hydrogen (secondary N) is 2. The minimum atomic E-state index is -5.08. The fourth-order valence-corrected chi connectivity index (χ4v) is 5.92. The highest BCUT2D eigenvalue weighted by atomic mass is 35.5. The van der Waals surface area contributed by atoms with Crippen molar-refractivity contribution in [3.05, 3.63) is 35.4 Å². The Morgan fingerprint density at radius 1 is 1.23 bits per heavy atom. The Morgan fingerprint density at radius 3 is 2.72 bits per heavy atom. The number of hydrogen-bond acceptors (Lipinski definition) is 9. The molecule has 10 nitrogen and oxygen atoms in total. The first-order valence-corrected chi connectivity index (χ1v) is 13.4. The lowest BCUT2D eigenvalue weighted by molar-refractivity contribution is -0.192. The van der Waals surface area contributed by atoms with Crippen molar-refractivity contribution in [1.82, 2.24) is 35.2 Å². The van der Waals surface area contributed by atoms with E-state index >= 15 is 0 Å². The van der Waals surface area contributed by atoms with Gasteiger partial charge in [0.2, 0.25) is 0 Å². The van der Waals surface area contributed by atoms with Crippen LogP contribution in [0.25, 0.3) is 22.2 Å². The van der Waals surface area contributed by atoms with Gasteiger partial charge in [0.25, 0.3) is 0 Å². The molecule has 0 unspecified atom stereocenters. The van der Waals surface area contributed by atoms with Gasteiger partial charge in [0.1, 0.15) is 17.0 Å². The Hall–Kier alpha value is -3.23. The number of aliphatic carboxylic acids is 1. The van der Waals surface area contributed by atoms with Crippen molar-refractivity contribution in [2.24, 2.45) is 5.92 Å². The molecule has 2 aliphatic heterocycles. The van der Waals surface area contributed by atoms with Crippen LogP contribution < -0.4 is 10.2 Å². The van der Waals surface area contributed by atoms with E-state index in [4.69, 9.17) is 31.5 Å². The lowest BCUT2D eigenvalue weighted by Gasteiger charge is -2.24. The van der Waals surface area contributed by atoms with E-state index in [1.165, 1.54) is 24.6 Å². The van der Waals surface area contributed by atoms with Crippen molar-refractivity contribution >= 4 is 57.3 Å². The van der Waals surface area contributed by atoms with Crippen LogP contribution in [0.4, 0.5) is 19.0 Å². The summed E-state index contributed by atoms with van der Waals surface area (Å²) >= 11 is 8.27. The lowest BCUT2D eigenvalue weighted by Crippen LogP contribution is -2.40. The molecule has 15 heteroatoms. The van der Waals surface area contributed by atoms with E-state index in [0.717, 1.165) is 64.0 Å². The molecular formula is C24H24ClF3N8O2S. The zero-order chi connectivity index (χ0) is 27.7. The first kappa shape index (κ1) is 27.3. The smallest absolute Gasteiger partial charge is 0.475 e. The van der Waals surface area contributed by atoms with Gasteiger partial charge in [-0.15, -0.1) is 0 Å². The molecule has 0 bridgehead atoms. The highest BCUT2D eigenvalue weighted by Gasteiger charge is 2.38. The van der Waals surface area contributed by atoms with Crippen LogP contribution in [-0.4, -0.2) is 72.8 Å². The number of hydrogen-bond donors (Lipinski definition) is 3. The average Bonchev–Trinajstić information content (AvgIpc) is 3.49. The van der Waals surface area contributed by atoms with Crippen LogP contribution in [0, 0.1) is 5.92 Å². The maximum Gasteiger partial charge on any atom is 0.490 e. The van der Waals surface area contributed by atoms with E-state index in [9.17, 15) is 13.2 Å². The second-order valence-corrected chi connectivity index (χ2v) is 10.6. The molecule has 206 valence electrons. The van der Waals surface area contributed by atoms with Gasteiger partial charge >= 0.3 is 12.1 Å². The summed E-state index contributed by atoms with van der Waals surface area (Å²) in [5.41, 5.74) is 3.17. The molecule has 4 aromatic rings. The van der Waals surface area contributed by atoms with Crippen molar-refractivity contribution in [1.29, 1.82) is 0 Å². The van der Waals surface area contributed by atoms with E-state index in [2.05, 4.69) is 37.1 Å². The van der Waals surface area contributed by atoms with E-state index in [1.54, 1.807) is 18.6 Å². The number of carboxylic acids is 1. The van der Waals surface area contributed by atoms with Gasteiger partial charge in [0, 0.05) is 48.3 Å². The predicted molar refractivity (Wildman–Crippen MR) is 140 cm³/mol. The molecule has 6 rings (SSSR count). The largest absolute Gasteiger partial charge is 0.490 e. The second-order valence-electron chi connectivity index (χ2n) is 9.17. The number of aromatic amines is 1. The Morgan fingerprint density at radius 2 is 2.00 bits per heavy atom. The third-order valence-electron chi connectivity index (χ3n) is 6.63. The summed E-state index contributed by atoms with van der Waals surface area (Å²) in [5, 5.41) is 13.1. The number of aromatic nitrogens is 6. The Balaban J connectivity index is 0.000000392. The molecule has 6 heterocycles. The first-order valence-electron chi connectivity index (χ1n) is 12.2. The van der Waals surface area contributed by atoms with Crippen LogP contribution in [-0.2, 0) is 11.2 Å². The lowest BCUT2D eigenvalue weighted by atomic mass is 9.94. The fourth-order valence-electron chi connectivity index (χ4n) is 4.81. The van der Waals surface area contributed by atoms with Gasteiger partial charge in [0.15, 0.2) is 10.8 Å². The number of rotatable bonds is 4. The highest BCUT2D eigenvalue weighted by molar-refractivity contribution is 7.99. The zero-order valence-corrected chi connectivity index (χ0v) is 22.2. The number of nitrogens with zero attached hydrogens (tertiary/aromatic N) is 6. The molecule has 39 heavy (non-hydrogen) atoms. The SMILES string of the molecule is CCc1[nH]c2nc(Sc3cnc4nccnc4c3)nc(N3C[C@H]4CCCN[C@H]4C3)c2c1Cl.O=C(O)C(F)(F)F. The van der Waals surface area contributed by atoms with Gasteiger partial charge < -0.3 is 20.3 Å². The molecular weight excluding hydrogens is 557 g/mol. The van der Waals surface area contributed by atoms with E-state index in [-0.39, 0.29) is 0 Å². The van der Waals surface area contributed by atoms with Gasteiger partial charge in [-0.05, 0) is 49.6 Å². The summed E-state index contributed by atoms with van der Waals surface area (Å²) in [7, 11) is 0. The Labute approximate surface area is 229 Å². The summed E-state index contributed by atoms with van der Waals surface area (Å²) in [6, 6.07) is 2.48. The number of fused-ring (bicyclic) bond motifs is 3. The molecule has 2 aliphatic rings. The summed E-state index contributed by atoms with van der Waals surface area (Å²) in [4.78, 5) is 38.5. The minimum absolute atomic E-state index is 0.511. The second kappa shape index (κ2) is 11.1. The Bertz CT molecular complexity index is 1500. The topological polar surface area (TPSA) is 133 Å². The number of carbonyl (C=O) groups is 1. The molecule has 0 saturated carbocycles. The molecule has 0 spiro atoms. The average molecular weight is 581 g/mol. The van der Waals surface area contributed by atoms with Gasteiger partial charge in [-0.3, -0.25) is 4.98 Å². The van der Waals surface area contributed by atoms with Gasteiger partial charge in [-0.1, -0.05) is 18.5 Å². The standard InChI is InChI=1S/C22H23ClN8S.C2HF3O2/c1-2-14-18(23)17-20(28-14)29-22(32-13-8-15-19(27-9-13)26-7-6-25-15)30-21(17)31-10-12-4-3-5-24-16(12)11-31;3-2(4,5)1(6)7/h6-9,12,16,24H,2-5,10-11H2,1H3,(H,28,29,30);(H,6,7)/t12-,16+;/m1./s1. The monoisotopic (exact) mass is 580 g/mol. The number of aryl methyl sites for hydroxylation is 1. The van der Waals surface area contributed by atoms with Crippen LogP contribution in [0.5, 0.6) is 0 Å². The van der Waals surface area contributed by atoms with Crippen molar-refractivity contribution in [3.63, 3.8) is 0 Å². The first-order chi connectivity index (χ1) is 18.6. The number of pyridine rings is 1. The van der Waals surface area contributed by atoms with Crippen LogP contribution in [0.2, 0.25) is 5.02 Å². The third-order valence-corrected chi connectivity index (χ3v) is 7.87. The molecule has 2 atom stereocenters. The zero-order valence-electron chi connectivity index (χ0n) is 20.7. The molecule has 2 saturated heterocycles. The molecule has 3 N–H and O–H groups in total. The number of carboxylic acid groups (broad SMARTS) is 1. The van der Waals surface area contributed by atoms with Gasteiger partial charge in [-0.25, -0.2) is 24.7 Å². The summed E-state index contributed by atoms with van der Waals surface area (Å²) in [5.74, 6) is -1.19. The molecule has 0 radical (unpaired) electrons.